The average Bonchev–Trinajstić information content (AvgIpc) is 3.01. The van der Waals surface area contributed by atoms with E-state index in [-0.39, 0.29) is 6.10 Å². The van der Waals surface area contributed by atoms with Gasteiger partial charge in [0.05, 0.1) is 24.9 Å². The Morgan fingerprint density at radius 3 is 2.75 bits per heavy atom. The first-order valence-corrected chi connectivity index (χ1v) is 15.6. The minimum atomic E-state index is 0.134. The molecule has 1 saturated carbocycles. The molecular weight excluding hydrogens is 502 g/mol. The van der Waals surface area contributed by atoms with Gasteiger partial charge in [0.25, 0.3) is 0 Å². The largest absolute Gasteiger partial charge is 0.492 e. The summed E-state index contributed by atoms with van der Waals surface area (Å²) in [4.78, 5) is 2.41. The normalized spacial score (nSPS) is 21.6. The van der Waals surface area contributed by atoms with Crippen molar-refractivity contribution in [2.24, 2.45) is 5.92 Å². The second-order valence-electron chi connectivity index (χ2n) is 11.6. The number of benzene rings is 2. The lowest BCUT2D eigenvalue weighted by atomic mass is 9.87. The monoisotopic (exact) mass is 551 g/mol. The highest BCUT2D eigenvalue weighted by Gasteiger charge is 2.27. The molecule has 2 fully saturated rings. The lowest BCUT2D eigenvalue weighted by Gasteiger charge is -2.33. The van der Waals surface area contributed by atoms with Gasteiger partial charge in [-0.15, -0.1) is 0 Å². The summed E-state index contributed by atoms with van der Waals surface area (Å²) < 4.78 is 23.8. The highest BCUT2D eigenvalue weighted by molar-refractivity contribution is 5.61. The number of ether oxygens (including phenoxy) is 4. The van der Waals surface area contributed by atoms with Crippen LogP contribution in [-0.2, 0) is 16.1 Å². The summed E-state index contributed by atoms with van der Waals surface area (Å²) in [7, 11) is 1.76. The van der Waals surface area contributed by atoms with Crippen molar-refractivity contribution in [1.29, 1.82) is 0 Å². The topological polar surface area (TPSA) is 64.2 Å². The van der Waals surface area contributed by atoms with Gasteiger partial charge >= 0.3 is 0 Å². The first-order chi connectivity index (χ1) is 19.8. The minimum absolute atomic E-state index is 0.134. The van der Waals surface area contributed by atoms with E-state index in [9.17, 15) is 0 Å². The number of piperidine rings is 1. The van der Waals surface area contributed by atoms with E-state index in [1.54, 1.807) is 7.11 Å². The number of nitrogens with zero attached hydrogens (tertiary/aromatic N) is 1. The van der Waals surface area contributed by atoms with E-state index in [0.29, 0.717) is 19.1 Å². The van der Waals surface area contributed by atoms with Gasteiger partial charge in [0.15, 0.2) is 0 Å². The van der Waals surface area contributed by atoms with E-state index in [2.05, 4.69) is 58.0 Å². The molecule has 1 saturated heterocycles. The van der Waals surface area contributed by atoms with Crippen LogP contribution in [0.1, 0.15) is 62.0 Å². The van der Waals surface area contributed by atoms with Gasteiger partial charge in [0.2, 0.25) is 0 Å². The van der Waals surface area contributed by atoms with Gasteiger partial charge in [-0.1, -0.05) is 37.5 Å². The maximum atomic E-state index is 6.55. The molecule has 0 bridgehead atoms. The third-order valence-electron chi connectivity index (χ3n) is 8.66. The molecule has 7 nitrogen and oxygen atoms in total. The van der Waals surface area contributed by atoms with Gasteiger partial charge in [0, 0.05) is 39.3 Å². The van der Waals surface area contributed by atoms with Crippen molar-refractivity contribution >= 4 is 5.69 Å². The van der Waals surface area contributed by atoms with Crippen molar-refractivity contribution in [3.05, 3.63) is 53.6 Å². The van der Waals surface area contributed by atoms with Crippen molar-refractivity contribution < 1.29 is 18.9 Å². The maximum Gasteiger partial charge on any atom is 0.142 e. The fourth-order valence-electron chi connectivity index (χ4n) is 6.38. The van der Waals surface area contributed by atoms with Gasteiger partial charge in [-0.05, 0) is 80.1 Å². The van der Waals surface area contributed by atoms with Crippen LogP contribution in [0.4, 0.5) is 5.69 Å². The molecule has 0 aromatic heterocycles. The summed E-state index contributed by atoms with van der Waals surface area (Å²) in [5.41, 5.74) is 3.69. The molecule has 2 aliphatic heterocycles. The number of nitrogens with one attached hydrogen (secondary N) is 2. The molecule has 2 aromatic carbocycles. The standard InChI is InChI=1S/C33H49N3O4/c1-37-19-5-17-36-18-21-39-32-13-8-27(22-31(32)36)25-40-33-24-34-15-14-30(33)28-9-11-29(12-10-28)38-20-16-35-23-26-6-3-2-4-7-26/h8-13,22,26,30,33-35H,2-7,14-21,23-25H2,1H3/t30-,33+/m1/s1. The molecule has 220 valence electrons. The highest BCUT2D eigenvalue weighted by Crippen LogP contribution is 2.34. The number of fused-ring (bicyclic) bond motifs is 1. The van der Waals surface area contributed by atoms with E-state index in [0.717, 1.165) is 82.7 Å². The average molecular weight is 552 g/mol. The fraction of sp³-hybridized carbons (Fsp3) is 0.636. The van der Waals surface area contributed by atoms with E-state index in [1.165, 1.54) is 48.9 Å². The Kier molecular flexibility index (Phi) is 11.4. The third kappa shape index (κ3) is 8.35. The third-order valence-corrected chi connectivity index (χ3v) is 8.66. The Morgan fingerprint density at radius 2 is 1.90 bits per heavy atom. The molecule has 2 heterocycles. The van der Waals surface area contributed by atoms with Crippen LogP contribution < -0.4 is 25.0 Å². The van der Waals surface area contributed by atoms with Gasteiger partial charge < -0.3 is 34.5 Å². The zero-order valence-corrected chi connectivity index (χ0v) is 24.4. The molecule has 1 aliphatic carbocycles. The zero-order valence-electron chi connectivity index (χ0n) is 24.4. The molecule has 0 unspecified atom stereocenters. The van der Waals surface area contributed by atoms with Crippen LogP contribution in [0.5, 0.6) is 11.5 Å². The summed E-state index contributed by atoms with van der Waals surface area (Å²) in [5.74, 6) is 3.14. The van der Waals surface area contributed by atoms with Crippen molar-refractivity contribution in [2.45, 2.75) is 63.6 Å². The van der Waals surface area contributed by atoms with Crippen molar-refractivity contribution in [3.63, 3.8) is 0 Å². The first-order valence-electron chi connectivity index (χ1n) is 15.6. The summed E-state index contributed by atoms with van der Waals surface area (Å²) in [6.45, 7) is 8.61. The van der Waals surface area contributed by atoms with Gasteiger partial charge in [0.1, 0.15) is 24.7 Å². The predicted molar refractivity (Wildman–Crippen MR) is 161 cm³/mol. The molecule has 2 aromatic rings. The van der Waals surface area contributed by atoms with E-state index in [1.807, 2.05) is 0 Å². The Bertz CT molecular complexity index is 1010. The number of methoxy groups -OCH3 is 1. The molecular formula is C33H49N3O4. The SMILES string of the molecule is COCCCN1CCOc2ccc(CO[C@H]3CNCC[C@@H]3c3ccc(OCCNCC4CCCCC4)cc3)cc21. The molecule has 5 rings (SSSR count). The molecule has 7 heteroatoms. The van der Waals surface area contributed by atoms with Crippen LogP contribution in [0.2, 0.25) is 0 Å². The van der Waals surface area contributed by atoms with Gasteiger partial charge in [-0.2, -0.15) is 0 Å². The lowest BCUT2D eigenvalue weighted by molar-refractivity contribution is 0.0106. The first kappa shape index (κ1) is 29.2. The fourth-order valence-corrected chi connectivity index (χ4v) is 6.38. The Morgan fingerprint density at radius 1 is 1.02 bits per heavy atom. The molecule has 2 N–H and O–H groups in total. The number of anilines is 1. The number of hydrogen-bond donors (Lipinski definition) is 2. The van der Waals surface area contributed by atoms with Crippen LogP contribution in [0.3, 0.4) is 0 Å². The summed E-state index contributed by atoms with van der Waals surface area (Å²) in [6.07, 6.45) is 9.19. The van der Waals surface area contributed by atoms with Crippen LogP contribution in [0, 0.1) is 5.92 Å². The lowest BCUT2D eigenvalue weighted by Crippen LogP contribution is -2.41. The Labute approximate surface area is 240 Å². The maximum absolute atomic E-state index is 6.55. The van der Waals surface area contributed by atoms with Crippen LogP contribution in [0.25, 0.3) is 0 Å². The van der Waals surface area contributed by atoms with Crippen molar-refractivity contribution in [1.82, 2.24) is 10.6 Å². The molecule has 0 radical (unpaired) electrons. The van der Waals surface area contributed by atoms with Crippen LogP contribution >= 0.6 is 0 Å². The molecule has 40 heavy (non-hydrogen) atoms. The Hall–Kier alpha value is -2.32. The van der Waals surface area contributed by atoms with E-state index < -0.39 is 0 Å². The molecule has 0 spiro atoms. The second-order valence-corrected chi connectivity index (χ2v) is 11.6. The number of hydrogen-bond acceptors (Lipinski definition) is 7. The summed E-state index contributed by atoms with van der Waals surface area (Å²) in [5, 5.41) is 7.12. The molecule has 2 atom stereocenters. The van der Waals surface area contributed by atoms with Crippen LogP contribution in [-0.4, -0.2) is 72.3 Å². The van der Waals surface area contributed by atoms with E-state index in [4.69, 9.17) is 18.9 Å². The summed E-state index contributed by atoms with van der Waals surface area (Å²) in [6, 6.07) is 15.2. The van der Waals surface area contributed by atoms with Gasteiger partial charge in [-0.25, -0.2) is 0 Å². The second kappa shape index (κ2) is 15.6. The predicted octanol–water partition coefficient (Wildman–Crippen LogP) is 5.13. The van der Waals surface area contributed by atoms with Gasteiger partial charge in [-0.3, -0.25) is 0 Å². The Balaban J connectivity index is 1.10. The molecule has 3 aliphatic rings. The highest BCUT2D eigenvalue weighted by atomic mass is 16.5. The van der Waals surface area contributed by atoms with Crippen molar-refractivity contribution in [3.8, 4) is 11.5 Å². The zero-order chi connectivity index (χ0) is 27.4. The molecule has 0 amide bonds. The smallest absolute Gasteiger partial charge is 0.142 e. The van der Waals surface area contributed by atoms with Crippen LogP contribution in [0.15, 0.2) is 42.5 Å². The summed E-state index contributed by atoms with van der Waals surface area (Å²) >= 11 is 0. The minimum Gasteiger partial charge on any atom is -0.492 e. The van der Waals surface area contributed by atoms with Crippen molar-refractivity contribution in [2.75, 3.05) is 71.1 Å². The number of rotatable bonds is 14. The van der Waals surface area contributed by atoms with E-state index >= 15 is 0 Å². The quantitative estimate of drug-likeness (QED) is 0.316.